The van der Waals surface area contributed by atoms with E-state index in [9.17, 15) is 0 Å². The Labute approximate surface area is 89.1 Å². The highest BCUT2D eigenvalue weighted by molar-refractivity contribution is 5.84. The van der Waals surface area contributed by atoms with Crippen molar-refractivity contribution in [2.75, 3.05) is 0 Å². The van der Waals surface area contributed by atoms with E-state index >= 15 is 0 Å². The van der Waals surface area contributed by atoms with Crippen molar-refractivity contribution in [3.05, 3.63) is 34.3 Å². The summed E-state index contributed by atoms with van der Waals surface area (Å²) in [5.41, 5.74) is 4.13. The van der Waals surface area contributed by atoms with Crippen LogP contribution in [0.25, 0.3) is 22.6 Å². The fraction of sp³-hybridized carbons (Fsp3) is 0.286. The molecule has 1 heteroatoms. The van der Waals surface area contributed by atoms with Crippen LogP contribution in [0.5, 0.6) is 0 Å². The smallest absolute Gasteiger partial charge is 0.0494 e. The molecule has 0 amide bonds. The predicted octanol–water partition coefficient (Wildman–Crippen LogP) is 2.22. The van der Waals surface area contributed by atoms with E-state index in [2.05, 4.69) is 43.1 Å². The molecule has 1 heterocycles. The average Bonchev–Trinajstić information content (AvgIpc) is 2.60. The molecule has 0 bridgehead atoms. The Balaban J connectivity index is 2.64. The van der Waals surface area contributed by atoms with Gasteiger partial charge >= 0.3 is 0 Å². The number of benzene rings is 1. The van der Waals surface area contributed by atoms with Gasteiger partial charge in [0.15, 0.2) is 0 Å². The van der Waals surface area contributed by atoms with Gasteiger partial charge in [-0.1, -0.05) is 24.3 Å². The van der Waals surface area contributed by atoms with Crippen LogP contribution in [0.4, 0.5) is 0 Å². The molecule has 0 fully saturated rings. The summed E-state index contributed by atoms with van der Waals surface area (Å²) in [6.45, 7) is 4.40. The van der Waals surface area contributed by atoms with Crippen LogP contribution in [0.1, 0.15) is 25.3 Å². The van der Waals surface area contributed by atoms with Crippen molar-refractivity contribution >= 4 is 22.6 Å². The number of H-pyrrole nitrogens is 1. The van der Waals surface area contributed by atoms with Gasteiger partial charge in [0.05, 0.1) is 0 Å². The van der Waals surface area contributed by atoms with Crippen molar-refractivity contribution in [2.24, 2.45) is 0 Å². The fourth-order valence-corrected chi connectivity index (χ4v) is 2.49. The van der Waals surface area contributed by atoms with Crippen LogP contribution in [-0.4, -0.2) is 4.98 Å². The second-order valence-electron chi connectivity index (χ2n) is 4.43. The topological polar surface area (TPSA) is 15.8 Å². The van der Waals surface area contributed by atoms with E-state index in [1.165, 1.54) is 45.4 Å². The van der Waals surface area contributed by atoms with Crippen LogP contribution in [0, 0.1) is 6.92 Å². The van der Waals surface area contributed by atoms with Gasteiger partial charge in [-0.15, -0.1) is 0 Å². The monoisotopic (exact) mass is 197 g/mol. The summed E-state index contributed by atoms with van der Waals surface area (Å²) in [6, 6.07) is 6.52. The number of aromatic nitrogens is 1. The van der Waals surface area contributed by atoms with Crippen LogP contribution < -0.4 is 10.6 Å². The third kappa shape index (κ3) is 1.16. The lowest BCUT2D eigenvalue weighted by Crippen LogP contribution is -2.27. The molecule has 1 aliphatic rings. The standard InChI is InChI=1S/C14H15N/c1-9-5-3-7-11-12-8-4-6-10(2)14(12)15-13(9)11/h3,5,7-8,15H,4,6H2,1-2H3. The maximum atomic E-state index is 3.57. The molecule has 1 nitrogen and oxygen atoms in total. The lowest BCUT2D eigenvalue weighted by atomic mass is 10.0. The van der Waals surface area contributed by atoms with E-state index in [4.69, 9.17) is 0 Å². The molecule has 0 atom stereocenters. The number of aryl methyl sites for hydroxylation is 1. The van der Waals surface area contributed by atoms with Gasteiger partial charge in [-0.25, -0.2) is 0 Å². The first kappa shape index (κ1) is 8.78. The number of fused-ring (bicyclic) bond motifs is 3. The van der Waals surface area contributed by atoms with Crippen molar-refractivity contribution in [1.29, 1.82) is 0 Å². The van der Waals surface area contributed by atoms with E-state index < -0.39 is 0 Å². The number of nitrogens with one attached hydrogen (secondary N) is 1. The van der Waals surface area contributed by atoms with Gasteiger partial charge in [-0.2, -0.15) is 0 Å². The summed E-state index contributed by atoms with van der Waals surface area (Å²) < 4.78 is 0. The summed E-state index contributed by atoms with van der Waals surface area (Å²) in [4.78, 5) is 3.57. The molecule has 1 aliphatic carbocycles. The molecule has 76 valence electrons. The summed E-state index contributed by atoms with van der Waals surface area (Å²) >= 11 is 0. The molecule has 2 aromatic rings. The molecule has 1 N–H and O–H groups in total. The minimum atomic E-state index is 1.18. The quantitative estimate of drug-likeness (QED) is 0.666. The molecule has 0 saturated heterocycles. The molecule has 0 saturated carbocycles. The van der Waals surface area contributed by atoms with E-state index in [0.29, 0.717) is 0 Å². The Morgan fingerprint density at radius 1 is 1.20 bits per heavy atom. The lowest BCUT2D eigenvalue weighted by molar-refractivity contribution is 1.05. The molecule has 1 aromatic carbocycles. The lowest BCUT2D eigenvalue weighted by Gasteiger charge is -2.01. The molecule has 0 radical (unpaired) electrons. The zero-order chi connectivity index (χ0) is 10.4. The summed E-state index contributed by atoms with van der Waals surface area (Å²) in [5.74, 6) is 0. The Bertz CT molecular complexity index is 644. The number of aromatic amines is 1. The first-order valence-corrected chi connectivity index (χ1v) is 5.54. The molecular weight excluding hydrogens is 182 g/mol. The number of rotatable bonds is 0. The van der Waals surface area contributed by atoms with Gasteiger partial charge in [0, 0.05) is 21.5 Å². The van der Waals surface area contributed by atoms with Gasteiger partial charge in [0.1, 0.15) is 0 Å². The second kappa shape index (κ2) is 2.99. The van der Waals surface area contributed by atoms with Gasteiger partial charge < -0.3 is 4.98 Å². The Morgan fingerprint density at radius 2 is 2.07 bits per heavy atom. The summed E-state index contributed by atoms with van der Waals surface area (Å²) in [7, 11) is 0. The highest BCUT2D eigenvalue weighted by Crippen LogP contribution is 2.14. The van der Waals surface area contributed by atoms with Gasteiger partial charge in [0.2, 0.25) is 0 Å². The van der Waals surface area contributed by atoms with Crippen LogP contribution in [0.2, 0.25) is 0 Å². The summed E-state index contributed by atoms with van der Waals surface area (Å²) in [6.07, 6.45) is 4.74. The number of hydrogen-bond acceptors (Lipinski definition) is 0. The highest BCUT2D eigenvalue weighted by atomic mass is 14.7. The van der Waals surface area contributed by atoms with Crippen LogP contribution in [-0.2, 0) is 0 Å². The van der Waals surface area contributed by atoms with Crippen LogP contribution >= 0.6 is 0 Å². The third-order valence-electron chi connectivity index (χ3n) is 3.38. The largest absolute Gasteiger partial charge is 0.354 e. The maximum absolute atomic E-state index is 3.57. The molecule has 0 unspecified atom stereocenters. The number of para-hydroxylation sites is 1. The van der Waals surface area contributed by atoms with E-state index in [0.717, 1.165) is 0 Å². The fourth-order valence-electron chi connectivity index (χ4n) is 2.49. The van der Waals surface area contributed by atoms with Crippen molar-refractivity contribution in [3.8, 4) is 0 Å². The first-order valence-electron chi connectivity index (χ1n) is 5.54. The Hall–Kier alpha value is -1.50. The normalized spacial score (nSPS) is 15.2. The minimum Gasteiger partial charge on any atom is -0.354 e. The zero-order valence-electron chi connectivity index (χ0n) is 9.22. The van der Waals surface area contributed by atoms with Crippen molar-refractivity contribution in [1.82, 2.24) is 4.98 Å². The SMILES string of the molecule is CC1=c2[nH]c3c(C)cccc3c2=CCC1. The van der Waals surface area contributed by atoms with Crippen LogP contribution in [0.3, 0.4) is 0 Å². The van der Waals surface area contributed by atoms with Gasteiger partial charge in [0.25, 0.3) is 0 Å². The number of hydrogen-bond donors (Lipinski definition) is 1. The first-order chi connectivity index (χ1) is 7.27. The average molecular weight is 197 g/mol. The van der Waals surface area contributed by atoms with Crippen LogP contribution in [0.15, 0.2) is 18.2 Å². The van der Waals surface area contributed by atoms with Crippen molar-refractivity contribution in [2.45, 2.75) is 26.7 Å². The second-order valence-corrected chi connectivity index (χ2v) is 4.43. The molecule has 0 aliphatic heterocycles. The van der Waals surface area contributed by atoms with E-state index in [1.807, 2.05) is 0 Å². The van der Waals surface area contributed by atoms with Crippen molar-refractivity contribution < 1.29 is 0 Å². The van der Waals surface area contributed by atoms with E-state index in [1.54, 1.807) is 0 Å². The Kier molecular flexibility index (Phi) is 1.75. The van der Waals surface area contributed by atoms with Crippen molar-refractivity contribution in [3.63, 3.8) is 0 Å². The minimum absolute atomic E-state index is 1.18. The maximum Gasteiger partial charge on any atom is 0.0494 e. The molecule has 1 aromatic heterocycles. The highest BCUT2D eigenvalue weighted by Gasteiger charge is 2.07. The molecule has 0 spiro atoms. The summed E-state index contributed by atoms with van der Waals surface area (Å²) in [5, 5.41) is 4.15. The Morgan fingerprint density at radius 3 is 2.93 bits per heavy atom. The molecular formula is C14H15N. The zero-order valence-corrected chi connectivity index (χ0v) is 9.22. The molecule has 3 rings (SSSR count). The predicted molar refractivity (Wildman–Crippen MR) is 65.1 cm³/mol. The van der Waals surface area contributed by atoms with Gasteiger partial charge in [-0.3, -0.25) is 0 Å². The molecule has 15 heavy (non-hydrogen) atoms. The van der Waals surface area contributed by atoms with E-state index in [-0.39, 0.29) is 0 Å². The third-order valence-corrected chi connectivity index (χ3v) is 3.38. The van der Waals surface area contributed by atoms with Gasteiger partial charge in [-0.05, 0) is 37.8 Å².